The van der Waals surface area contributed by atoms with E-state index >= 15 is 0 Å². The molecule has 0 aliphatic rings. The number of rotatable bonds is 3. The minimum Gasteiger partial charge on any atom is -0.340 e. The Morgan fingerprint density at radius 3 is 2.79 bits per heavy atom. The summed E-state index contributed by atoms with van der Waals surface area (Å²) in [6, 6.07) is 12.7. The summed E-state index contributed by atoms with van der Waals surface area (Å²) in [5.41, 5.74) is 2.38. The van der Waals surface area contributed by atoms with Gasteiger partial charge in [0.2, 0.25) is 0 Å². The van der Waals surface area contributed by atoms with Gasteiger partial charge < -0.3 is 4.98 Å². The number of aromatic amines is 1. The Balaban J connectivity index is 1.84. The van der Waals surface area contributed by atoms with Crippen molar-refractivity contribution in [2.45, 2.75) is 11.6 Å². The van der Waals surface area contributed by atoms with Crippen LogP contribution in [0.15, 0.2) is 47.5 Å². The van der Waals surface area contributed by atoms with E-state index in [1.165, 1.54) is 0 Å². The molecular weight excluding hydrogens is 348 g/mol. The lowest BCUT2D eigenvalue weighted by molar-refractivity contribution is 0.590. The third-order valence-electron chi connectivity index (χ3n) is 3.77. The van der Waals surface area contributed by atoms with Crippen molar-refractivity contribution < 1.29 is 8.42 Å². The quantitative estimate of drug-likeness (QED) is 0.609. The van der Waals surface area contributed by atoms with Crippen molar-refractivity contribution in [1.82, 2.24) is 19.7 Å². The standard InChI is InChI=1S/C16H13ClN4O2S/c1-24(22,23)16-11-4-2-3-5-14(11)21(20-16)9-15-18-12-7-6-10(17)8-13(12)19-15/h2-8H,9H2,1H3,(H,18,19). The number of nitrogens with one attached hydrogen (secondary N) is 1. The van der Waals surface area contributed by atoms with Crippen molar-refractivity contribution in [2.75, 3.05) is 6.26 Å². The largest absolute Gasteiger partial charge is 0.340 e. The van der Waals surface area contributed by atoms with Crippen molar-refractivity contribution in [2.24, 2.45) is 0 Å². The Hall–Kier alpha value is -2.38. The zero-order chi connectivity index (χ0) is 16.9. The highest BCUT2D eigenvalue weighted by Gasteiger charge is 2.19. The molecule has 2 aromatic heterocycles. The second kappa shape index (κ2) is 5.32. The molecule has 1 N–H and O–H groups in total. The molecule has 6 nitrogen and oxygen atoms in total. The molecule has 0 atom stereocenters. The monoisotopic (exact) mass is 360 g/mol. The summed E-state index contributed by atoms with van der Waals surface area (Å²) >= 11 is 5.99. The summed E-state index contributed by atoms with van der Waals surface area (Å²) in [6.07, 6.45) is 1.16. The fourth-order valence-corrected chi connectivity index (χ4v) is 3.73. The van der Waals surface area contributed by atoms with Crippen molar-refractivity contribution in [3.8, 4) is 0 Å². The molecular formula is C16H13ClN4O2S. The van der Waals surface area contributed by atoms with Gasteiger partial charge >= 0.3 is 0 Å². The molecule has 2 heterocycles. The van der Waals surface area contributed by atoms with E-state index in [1.54, 1.807) is 28.9 Å². The van der Waals surface area contributed by atoms with Crippen LogP contribution >= 0.6 is 11.6 Å². The minimum absolute atomic E-state index is 0.0808. The number of para-hydroxylation sites is 1. The second-order valence-electron chi connectivity index (χ2n) is 5.60. The maximum absolute atomic E-state index is 12.0. The normalized spacial score (nSPS) is 12.2. The molecule has 0 unspecified atom stereocenters. The number of halogens is 1. The lowest BCUT2D eigenvalue weighted by atomic mass is 10.2. The summed E-state index contributed by atoms with van der Waals surface area (Å²) in [4.78, 5) is 7.69. The van der Waals surface area contributed by atoms with Crippen molar-refractivity contribution >= 4 is 43.4 Å². The topological polar surface area (TPSA) is 80.6 Å². The first kappa shape index (κ1) is 15.2. The number of sulfone groups is 1. The Morgan fingerprint density at radius 2 is 2.00 bits per heavy atom. The third kappa shape index (κ3) is 2.55. The van der Waals surface area contributed by atoms with E-state index in [2.05, 4.69) is 15.1 Å². The van der Waals surface area contributed by atoms with Gasteiger partial charge in [0.15, 0.2) is 14.9 Å². The SMILES string of the molecule is CS(=O)(=O)c1nn(Cc2nc3ccc(Cl)cc3[nH]2)c2ccccc12. The Morgan fingerprint density at radius 1 is 1.21 bits per heavy atom. The van der Waals surface area contributed by atoms with E-state index in [4.69, 9.17) is 11.6 Å². The molecule has 122 valence electrons. The molecule has 4 aromatic rings. The summed E-state index contributed by atoms with van der Waals surface area (Å²) in [5, 5.41) is 5.60. The number of hydrogen-bond donors (Lipinski definition) is 1. The predicted octanol–water partition coefficient (Wildman–Crippen LogP) is 3.02. The maximum Gasteiger partial charge on any atom is 0.195 e. The van der Waals surface area contributed by atoms with Crippen LogP contribution in [0.25, 0.3) is 21.9 Å². The number of H-pyrrole nitrogens is 1. The van der Waals surface area contributed by atoms with E-state index in [-0.39, 0.29) is 5.03 Å². The molecule has 0 radical (unpaired) electrons. The first-order valence-corrected chi connectivity index (χ1v) is 9.48. The lowest BCUT2D eigenvalue weighted by Gasteiger charge is -1.99. The molecule has 2 aromatic carbocycles. The average molecular weight is 361 g/mol. The molecule has 0 spiro atoms. The number of imidazole rings is 1. The van der Waals surface area contributed by atoms with Crippen LogP contribution in [-0.2, 0) is 16.4 Å². The number of aromatic nitrogens is 4. The van der Waals surface area contributed by atoms with Gasteiger partial charge in [-0.05, 0) is 30.3 Å². The van der Waals surface area contributed by atoms with E-state index in [0.717, 1.165) is 22.8 Å². The van der Waals surface area contributed by atoms with Crippen molar-refractivity contribution in [3.05, 3.63) is 53.3 Å². The molecule has 0 saturated heterocycles. The van der Waals surface area contributed by atoms with Gasteiger partial charge in [-0.25, -0.2) is 13.4 Å². The van der Waals surface area contributed by atoms with Crippen LogP contribution in [0.4, 0.5) is 0 Å². The highest BCUT2D eigenvalue weighted by molar-refractivity contribution is 7.90. The predicted molar refractivity (Wildman–Crippen MR) is 93.0 cm³/mol. The Bertz CT molecular complexity index is 1180. The van der Waals surface area contributed by atoms with Crippen molar-refractivity contribution in [1.29, 1.82) is 0 Å². The lowest BCUT2D eigenvalue weighted by Crippen LogP contribution is -2.05. The van der Waals surface area contributed by atoms with Crippen LogP contribution in [0.1, 0.15) is 5.82 Å². The van der Waals surface area contributed by atoms with E-state index in [0.29, 0.717) is 22.8 Å². The van der Waals surface area contributed by atoms with Crippen LogP contribution in [0.2, 0.25) is 5.02 Å². The molecule has 0 aliphatic carbocycles. The number of nitrogens with zero attached hydrogens (tertiary/aromatic N) is 3. The summed E-state index contributed by atoms with van der Waals surface area (Å²) in [5.74, 6) is 0.681. The van der Waals surface area contributed by atoms with E-state index in [9.17, 15) is 8.42 Å². The van der Waals surface area contributed by atoms with Gasteiger partial charge in [-0.1, -0.05) is 23.7 Å². The Kier molecular flexibility index (Phi) is 3.36. The first-order valence-electron chi connectivity index (χ1n) is 7.21. The zero-order valence-corrected chi connectivity index (χ0v) is 14.3. The van der Waals surface area contributed by atoms with Gasteiger partial charge in [-0.15, -0.1) is 0 Å². The highest BCUT2D eigenvalue weighted by Crippen LogP contribution is 2.23. The molecule has 4 rings (SSSR count). The molecule has 8 heteroatoms. The fraction of sp³-hybridized carbons (Fsp3) is 0.125. The molecule has 24 heavy (non-hydrogen) atoms. The zero-order valence-electron chi connectivity index (χ0n) is 12.7. The van der Waals surface area contributed by atoms with Gasteiger partial charge in [-0.2, -0.15) is 5.10 Å². The first-order chi connectivity index (χ1) is 11.4. The fourth-order valence-electron chi connectivity index (χ4n) is 2.74. The summed E-state index contributed by atoms with van der Waals surface area (Å²) < 4.78 is 25.6. The minimum atomic E-state index is -3.41. The van der Waals surface area contributed by atoms with Gasteiger partial charge in [0.1, 0.15) is 5.82 Å². The average Bonchev–Trinajstić information content (AvgIpc) is 3.08. The van der Waals surface area contributed by atoms with Crippen molar-refractivity contribution in [3.63, 3.8) is 0 Å². The van der Waals surface area contributed by atoms with Crippen LogP contribution in [0, 0.1) is 0 Å². The smallest absolute Gasteiger partial charge is 0.195 e. The van der Waals surface area contributed by atoms with Gasteiger partial charge in [0.05, 0.1) is 23.1 Å². The second-order valence-corrected chi connectivity index (χ2v) is 7.96. The highest BCUT2D eigenvalue weighted by atomic mass is 35.5. The van der Waals surface area contributed by atoms with Gasteiger partial charge in [0, 0.05) is 16.7 Å². The molecule has 0 amide bonds. The summed E-state index contributed by atoms with van der Waals surface area (Å²) in [7, 11) is -3.41. The van der Waals surface area contributed by atoms with Crippen LogP contribution in [-0.4, -0.2) is 34.4 Å². The maximum atomic E-state index is 12.0. The number of fused-ring (bicyclic) bond motifs is 2. The number of hydrogen-bond acceptors (Lipinski definition) is 4. The van der Waals surface area contributed by atoms with Crippen LogP contribution in [0.5, 0.6) is 0 Å². The third-order valence-corrected chi connectivity index (χ3v) is 5.01. The van der Waals surface area contributed by atoms with E-state index < -0.39 is 9.84 Å². The van der Waals surface area contributed by atoms with Crippen LogP contribution in [0.3, 0.4) is 0 Å². The molecule has 0 fully saturated rings. The molecule has 0 saturated carbocycles. The number of benzene rings is 2. The van der Waals surface area contributed by atoms with Gasteiger partial charge in [0.25, 0.3) is 0 Å². The molecule has 0 bridgehead atoms. The van der Waals surface area contributed by atoms with Crippen LogP contribution < -0.4 is 0 Å². The van der Waals surface area contributed by atoms with E-state index in [1.807, 2.05) is 18.2 Å². The summed E-state index contributed by atoms with van der Waals surface area (Å²) in [6.45, 7) is 0.336. The van der Waals surface area contributed by atoms with Gasteiger partial charge in [-0.3, -0.25) is 4.68 Å². The molecule has 0 aliphatic heterocycles. The Labute approximate surface area is 143 Å².